The zero-order chi connectivity index (χ0) is 30.4. The summed E-state index contributed by atoms with van der Waals surface area (Å²) in [7, 11) is 1.66. The first-order valence-electron chi connectivity index (χ1n) is 13.3. The van der Waals surface area contributed by atoms with E-state index in [0.717, 1.165) is 0 Å². The molecule has 0 saturated heterocycles. The van der Waals surface area contributed by atoms with E-state index in [1.807, 2.05) is 0 Å². The lowest BCUT2D eigenvalue weighted by Crippen LogP contribution is -2.30. The van der Waals surface area contributed by atoms with Crippen molar-refractivity contribution >= 4 is 34.8 Å². The maximum Gasteiger partial charge on any atom is 0.254 e. The van der Waals surface area contributed by atoms with Crippen LogP contribution in [0.4, 0.5) is 14.5 Å². The molecule has 1 aliphatic heterocycles. The second-order valence-electron chi connectivity index (χ2n) is 10.4. The van der Waals surface area contributed by atoms with E-state index >= 15 is 8.78 Å². The summed E-state index contributed by atoms with van der Waals surface area (Å²) in [4.78, 5) is 31.1. The molecule has 2 bridgehead atoms. The zero-order valence-corrected chi connectivity index (χ0v) is 24.4. The Morgan fingerprint density at radius 1 is 1.07 bits per heavy atom. The highest BCUT2D eigenvalue weighted by molar-refractivity contribution is 6.31. The maximum absolute atomic E-state index is 15.4. The van der Waals surface area contributed by atoms with Crippen molar-refractivity contribution in [3.63, 3.8) is 0 Å². The maximum atomic E-state index is 15.4. The molecular weight excluding hydrogens is 601 g/mol. The van der Waals surface area contributed by atoms with Gasteiger partial charge in [-0.3, -0.25) is 18.8 Å². The fraction of sp³-hybridized carbons (Fsp3) is 0.241. The van der Waals surface area contributed by atoms with Gasteiger partial charge < -0.3 is 5.32 Å². The van der Waals surface area contributed by atoms with Gasteiger partial charge in [-0.2, -0.15) is 5.10 Å². The molecule has 43 heavy (non-hydrogen) atoms. The Morgan fingerprint density at radius 3 is 2.63 bits per heavy atom. The first-order valence-corrected chi connectivity index (χ1v) is 14.1. The zero-order valence-electron chi connectivity index (χ0n) is 22.9. The molecule has 1 amide bonds. The summed E-state index contributed by atoms with van der Waals surface area (Å²) in [5, 5.41) is 15.3. The Bertz CT molecular complexity index is 1920. The fourth-order valence-electron chi connectivity index (χ4n) is 5.32. The highest BCUT2D eigenvalue weighted by atomic mass is 35.5. The van der Waals surface area contributed by atoms with Gasteiger partial charge >= 0.3 is 0 Å². The summed E-state index contributed by atoms with van der Waals surface area (Å²) < 4.78 is 34.8. The molecule has 4 heterocycles. The van der Waals surface area contributed by atoms with E-state index in [-0.39, 0.29) is 18.0 Å². The Labute approximate surface area is 253 Å². The SMILES string of the molecule is C[C@H]1C(=O)Nc2cnn(C)c2-c2cc(F)cc(c2)[C@@H](n2cnc(-c3cc(Cl)ccc3-n3cc(Cl)nn3)cc2=O)CCC1F. The van der Waals surface area contributed by atoms with Crippen LogP contribution >= 0.6 is 23.2 Å². The quantitative estimate of drug-likeness (QED) is 0.278. The second-order valence-corrected chi connectivity index (χ2v) is 11.2. The number of rotatable bonds is 3. The van der Waals surface area contributed by atoms with Crippen molar-refractivity contribution in [2.24, 2.45) is 13.0 Å². The molecular formula is C29H24Cl2F2N8O2. The van der Waals surface area contributed by atoms with Gasteiger partial charge in [0.1, 0.15) is 12.0 Å². The average molecular weight is 625 g/mol. The summed E-state index contributed by atoms with van der Waals surface area (Å²) in [6.07, 6.45) is 2.79. The smallest absolute Gasteiger partial charge is 0.254 e. The van der Waals surface area contributed by atoms with Gasteiger partial charge in [-0.15, -0.1) is 5.10 Å². The standard InChI is InChI=1S/C29H24Cl2F2N8O2/c1-15-21(33)4-6-24(16-7-17(9-19(32)8-16)28-23(36-29(15)43)12-35-39(28)2)40-14-34-22(11-27(40)42)20-10-18(30)3-5-25(20)41-13-26(31)37-38-41/h3,5,7-15,21,24H,4,6H2,1-2H3,(H,36,43)/t15-,21?,24+/m1/s1. The van der Waals surface area contributed by atoms with Gasteiger partial charge in [-0.1, -0.05) is 35.3 Å². The molecule has 6 rings (SSSR count). The molecule has 0 fully saturated rings. The molecule has 0 saturated carbocycles. The van der Waals surface area contributed by atoms with Gasteiger partial charge in [-0.25, -0.2) is 18.4 Å². The lowest BCUT2D eigenvalue weighted by atomic mass is 9.93. The van der Waals surface area contributed by atoms with E-state index in [4.69, 9.17) is 23.2 Å². The topological polar surface area (TPSA) is 113 Å². The molecule has 5 aromatic rings. The summed E-state index contributed by atoms with van der Waals surface area (Å²) in [6, 6.07) is 9.87. The number of amides is 1. The Hall–Kier alpha value is -4.42. The van der Waals surface area contributed by atoms with Crippen LogP contribution in [0.15, 0.2) is 66.0 Å². The van der Waals surface area contributed by atoms with Gasteiger partial charge in [0.25, 0.3) is 5.56 Å². The van der Waals surface area contributed by atoms with Crippen LogP contribution in [0.25, 0.3) is 28.2 Å². The summed E-state index contributed by atoms with van der Waals surface area (Å²) in [6.45, 7) is 1.50. The molecule has 220 valence electrons. The van der Waals surface area contributed by atoms with Crippen LogP contribution in [0, 0.1) is 11.7 Å². The number of aryl methyl sites for hydroxylation is 1. The van der Waals surface area contributed by atoms with Gasteiger partial charge in [0.2, 0.25) is 5.91 Å². The van der Waals surface area contributed by atoms with Crippen molar-refractivity contribution in [3.8, 4) is 28.2 Å². The number of hydrogen-bond acceptors (Lipinski definition) is 6. The molecule has 1 N–H and O–H groups in total. The number of carbonyl (C=O) groups excluding carboxylic acids is 1. The molecule has 3 atom stereocenters. The number of benzene rings is 2. The number of nitrogens with one attached hydrogen (secondary N) is 1. The normalized spacial score (nSPS) is 18.8. The molecule has 14 heteroatoms. The van der Waals surface area contributed by atoms with Gasteiger partial charge in [0, 0.05) is 29.3 Å². The van der Waals surface area contributed by atoms with Crippen LogP contribution in [0.1, 0.15) is 31.4 Å². The number of carbonyl (C=O) groups is 1. The highest BCUT2D eigenvalue weighted by Crippen LogP contribution is 2.35. The predicted octanol–water partition coefficient (Wildman–Crippen LogP) is 5.63. The number of fused-ring (bicyclic) bond motifs is 4. The third kappa shape index (κ3) is 5.55. The molecule has 2 aromatic carbocycles. The number of hydrogen-bond donors (Lipinski definition) is 1. The largest absolute Gasteiger partial charge is 0.323 e. The number of aromatic nitrogens is 7. The Balaban J connectivity index is 1.48. The summed E-state index contributed by atoms with van der Waals surface area (Å²) in [5.41, 5.74) is 2.52. The van der Waals surface area contributed by atoms with Crippen molar-refractivity contribution in [2.45, 2.75) is 32.0 Å². The summed E-state index contributed by atoms with van der Waals surface area (Å²) >= 11 is 12.2. The molecule has 0 aliphatic carbocycles. The van der Waals surface area contributed by atoms with Crippen LogP contribution in [-0.2, 0) is 11.8 Å². The fourth-order valence-corrected chi connectivity index (χ4v) is 5.62. The first-order chi connectivity index (χ1) is 20.6. The van der Waals surface area contributed by atoms with E-state index in [2.05, 4.69) is 25.7 Å². The minimum absolute atomic E-state index is 0.0648. The second kappa shape index (κ2) is 11.3. The van der Waals surface area contributed by atoms with Crippen molar-refractivity contribution < 1.29 is 13.6 Å². The minimum Gasteiger partial charge on any atom is -0.323 e. The first kappa shape index (κ1) is 28.7. The number of halogens is 4. The minimum atomic E-state index is -1.53. The number of alkyl halides is 1. The van der Waals surface area contributed by atoms with E-state index in [9.17, 15) is 9.59 Å². The number of nitrogens with zero attached hydrogens (tertiary/aromatic N) is 7. The van der Waals surface area contributed by atoms with E-state index < -0.39 is 35.4 Å². The third-order valence-electron chi connectivity index (χ3n) is 7.57. The Morgan fingerprint density at radius 2 is 1.88 bits per heavy atom. The molecule has 1 aliphatic rings. The lowest BCUT2D eigenvalue weighted by molar-refractivity contribution is -0.121. The Kier molecular flexibility index (Phi) is 7.57. The van der Waals surface area contributed by atoms with E-state index in [1.54, 1.807) is 31.3 Å². The van der Waals surface area contributed by atoms with Crippen LogP contribution in [0.2, 0.25) is 10.2 Å². The molecule has 0 spiro atoms. The van der Waals surface area contributed by atoms with Gasteiger partial charge in [0.05, 0.1) is 53.4 Å². The monoisotopic (exact) mass is 624 g/mol. The van der Waals surface area contributed by atoms with E-state index in [1.165, 1.54) is 57.8 Å². The van der Waals surface area contributed by atoms with Crippen LogP contribution in [-0.4, -0.2) is 46.4 Å². The summed E-state index contributed by atoms with van der Waals surface area (Å²) in [5.74, 6) is -2.07. The highest BCUT2D eigenvalue weighted by Gasteiger charge is 2.29. The van der Waals surface area contributed by atoms with Crippen molar-refractivity contribution in [3.05, 3.63) is 93.1 Å². The van der Waals surface area contributed by atoms with Gasteiger partial charge in [0.15, 0.2) is 5.15 Å². The van der Waals surface area contributed by atoms with Crippen molar-refractivity contribution in [2.75, 3.05) is 5.32 Å². The molecule has 0 radical (unpaired) electrons. The lowest BCUT2D eigenvalue weighted by Gasteiger charge is -2.24. The molecule has 10 nitrogen and oxygen atoms in total. The predicted molar refractivity (Wildman–Crippen MR) is 158 cm³/mol. The molecule has 3 aromatic heterocycles. The van der Waals surface area contributed by atoms with Crippen molar-refractivity contribution in [1.82, 2.24) is 34.3 Å². The van der Waals surface area contributed by atoms with Crippen molar-refractivity contribution in [1.29, 1.82) is 0 Å². The third-order valence-corrected chi connectivity index (χ3v) is 7.97. The van der Waals surface area contributed by atoms with E-state index in [0.29, 0.717) is 44.5 Å². The number of anilines is 1. The molecule has 1 unspecified atom stereocenters. The van der Waals surface area contributed by atoms with Crippen LogP contribution in [0.5, 0.6) is 0 Å². The van der Waals surface area contributed by atoms with Crippen LogP contribution < -0.4 is 10.9 Å². The average Bonchev–Trinajstić information content (AvgIpc) is 3.57. The van der Waals surface area contributed by atoms with Crippen LogP contribution in [0.3, 0.4) is 0 Å². The van der Waals surface area contributed by atoms with Gasteiger partial charge in [-0.05, 0) is 54.8 Å².